The fraction of sp³-hybridized carbons (Fsp3) is 0.167. The third kappa shape index (κ3) is 4.00. The molecule has 2 rings (SSSR count). The van der Waals surface area contributed by atoms with Crippen LogP contribution in [0.25, 0.3) is 0 Å². The number of anilines is 1. The monoisotopic (exact) mass is 263 g/mol. The van der Waals surface area contributed by atoms with Crippen molar-refractivity contribution in [2.45, 2.75) is 19.8 Å². The number of benzene rings is 2. The third-order valence-electron chi connectivity index (χ3n) is 2.79. The second-order valence-electron chi connectivity index (χ2n) is 4.46. The summed E-state index contributed by atoms with van der Waals surface area (Å²) >= 11 is 0. The van der Waals surface area contributed by atoms with Gasteiger partial charge in [-0.15, -0.1) is 0 Å². The van der Waals surface area contributed by atoms with Crippen molar-refractivity contribution in [3.8, 4) is 11.8 Å². The molecule has 0 atom stereocenters. The van der Waals surface area contributed by atoms with Crippen LogP contribution in [0, 0.1) is 11.8 Å². The summed E-state index contributed by atoms with van der Waals surface area (Å²) in [6, 6.07) is 17.4. The summed E-state index contributed by atoms with van der Waals surface area (Å²) in [5.41, 5.74) is 2.57. The Kier molecular flexibility index (Phi) is 4.97. The average molecular weight is 263 g/mol. The van der Waals surface area contributed by atoms with Gasteiger partial charge in [0.2, 0.25) is 5.91 Å². The molecule has 0 saturated carbocycles. The molecule has 0 fully saturated rings. The molecule has 0 aliphatic rings. The van der Waals surface area contributed by atoms with Crippen molar-refractivity contribution in [3.05, 3.63) is 65.7 Å². The molecule has 0 heterocycles. The zero-order chi connectivity index (χ0) is 14.2. The van der Waals surface area contributed by atoms with E-state index in [4.69, 9.17) is 0 Å². The van der Waals surface area contributed by atoms with Crippen LogP contribution < -0.4 is 5.32 Å². The maximum Gasteiger partial charge on any atom is 0.224 e. The Morgan fingerprint density at radius 1 is 1.00 bits per heavy atom. The maximum atomic E-state index is 11.7. The Labute approximate surface area is 119 Å². The van der Waals surface area contributed by atoms with Gasteiger partial charge in [-0.1, -0.05) is 49.1 Å². The molecule has 1 N–H and O–H groups in total. The van der Waals surface area contributed by atoms with Gasteiger partial charge in [0.25, 0.3) is 0 Å². The first kappa shape index (κ1) is 13.9. The van der Waals surface area contributed by atoms with E-state index in [-0.39, 0.29) is 5.91 Å². The molecule has 0 aliphatic carbocycles. The molecule has 0 saturated heterocycles. The predicted octanol–water partition coefficient (Wildman–Crippen LogP) is 3.83. The topological polar surface area (TPSA) is 29.1 Å². The zero-order valence-electron chi connectivity index (χ0n) is 11.5. The van der Waals surface area contributed by atoms with Crippen LogP contribution in [0.3, 0.4) is 0 Å². The molecule has 0 spiro atoms. The Hall–Kier alpha value is -2.53. The van der Waals surface area contributed by atoms with Crippen molar-refractivity contribution in [1.82, 2.24) is 0 Å². The SMILES string of the molecule is CCCC(=O)Nc1ccccc1C#Cc1ccccc1. The van der Waals surface area contributed by atoms with E-state index in [0.717, 1.165) is 23.2 Å². The molecule has 2 aromatic rings. The molecule has 0 aliphatic heterocycles. The molecule has 0 aromatic heterocycles. The Bertz CT molecular complexity index is 635. The van der Waals surface area contributed by atoms with Crippen LogP contribution >= 0.6 is 0 Å². The van der Waals surface area contributed by atoms with Crippen LogP contribution in [-0.2, 0) is 4.79 Å². The standard InChI is InChI=1S/C18H17NO/c1-2-8-18(20)19-17-12-7-6-11-16(17)14-13-15-9-4-3-5-10-15/h3-7,9-12H,2,8H2,1H3,(H,19,20). The zero-order valence-corrected chi connectivity index (χ0v) is 11.5. The van der Waals surface area contributed by atoms with E-state index in [9.17, 15) is 4.79 Å². The minimum atomic E-state index is 0.0291. The van der Waals surface area contributed by atoms with Crippen LogP contribution in [-0.4, -0.2) is 5.91 Å². The lowest BCUT2D eigenvalue weighted by Crippen LogP contribution is -2.11. The van der Waals surface area contributed by atoms with Gasteiger partial charge in [-0.2, -0.15) is 0 Å². The van der Waals surface area contributed by atoms with E-state index in [1.165, 1.54) is 0 Å². The molecule has 100 valence electrons. The lowest BCUT2D eigenvalue weighted by molar-refractivity contribution is -0.116. The third-order valence-corrected chi connectivity index (χ3v) is 2.79. The first-order chi connectivity index (χ1) is 9.79. The average Bonchev–Trinajstić information content (AvgIpc) is 2.48. The molecular formula is C18H17NO. The molecule has 2 heteroatoms. The van der Waals surface area contributed by atoms with Gasteiger partial charge < -0.3 is 5.32 Å². The van der Waals surface area contributed by atoms with Gasteiger partial charge in [0, 0.05) is 17.5 Å². The highest BCUT2D eigenvalue weighted by atomic mass is 16.1. The number of amides is 1. The number of carbonyl (C=O) groups excluding carboxylic acids is 1. The normalized spacial score (nSPS) is 9.45. The van der Waals surface area contributed by atoms with E-state index < -0.39 is 0 Å². The fourth-order valence-electron chi connectivity index (χ4n) is 1.80. The van der Waals surface area contributed by atoms with E-state index in [2.05, 4.69) is 17.2 Å². The van der Waals surface area contributed by atoms with Gasteiger partial charge in [-0.05, 0) is 30.7 Å². The molecular weight excluding hydrogens is 246 g/mol. The summed E-state index contributed by atoms with van der Waals surface area (Å²) in [5.74, 6) is 6.25. The second-order valence-corrected chi connectivity index (χ2v) is 4.46. The van der Waals surface area contributed by atoms with Crippen LogP contribution in [0.4, 0.5) is 5.69 Å². The molecule has 0 bridgehead atoms. The molecule has 0 unspecified atom stereocenters. The minimum absolute atomic E-state index is 0.0291. The van der Waals surface area contributed by atoms with Crippen molar-refractivity contribution in [1.29, 1.82) is 0 Å². The second kappa shape index (κ2) is 7.16. The van der Waals surface area contributed by atoms with Crippen molar-refractivity contribution in [2.24, 2.45) is 0 Å². The van der Waals surface area contributed by atoms with Crippen LogP contribution in [0.1, 0.15) is 30.9 Å². The van der Waals surface area contributed by atoms with Gasteiger partial charge in [0.15, 0.2) is 0 Å². The van der Waals surface area contributed by atoms with Gasteiger partial charge in [-0.25, -0.2) is 0 Å². The quantitative estimate of drug-likeness (QED) is 0.838. The summed E-state index contributed by atoms with van der Waals surface area (Å²) < 4.78 is 0. The number of hydrogen-bond donors (Lipinski definition) is 1. The van der Waals surface area contributed by atoms with Crippen LogP contribution in [0.15, 0.2) is 54.6 Å². The summed E-state index contributed by atoms with van der Waals surface area (Å²) in [6.07, 6.45) is 1.37. The summed E-state index contributed by atoms with van der Waals surface area (Å²) in [6.45, 7) is 1.99. The van der Waals surface area contributed by atoms with Crippen molar-refractivity contribution in [3.63, 3.8) is 0 Å². The number of rotatable bonds is 3. The summed E-state index contributed by atoms with van der Waals surface area (Å²) in [7, 11) is 0. The lowest BCUT2D eigenvalue weighted by atomic mass is 10.1. The highest BCUT2D eigenvalue weighted by molar-refractivity contribution is 5.92. The van der Waals surface area contributed by atoms with Gasteiger partial charge in [0.1, 0.15) is 0 Å². The van der Waals surface area contributed by atoms with E-state index >= 15 is 0 Å². The summed E-state index contributed by atoms with van der Waals surface area (Å²) in [5, 5.41) is 2.91. The van der Waals surface area contributed by atoms with Gasteiger partial charge >= 0.3 is 0 Å². The van der Waals surface area contributed by atoms with Gasteiger partial charge in [-0.3, -0.25) is 4.79 Å². The van der Waals surface area contributed by atoms with Crippen molar-refractivity contribution < 1.29 is 4.79 Å². The maximum absolute atomic E-state index is 11.7. The molecule has 0 radical (unpaired) electrons. The van der Waals surface area contributed by atoms with Gasteiger partial charge in [0.05, 0.1) is 5.69 Å². The Balaban J connectivity index is 2.20. The smallest absolute Gasteiger partial charge is 0.224 e. The Morgan fingerprint density at radius 2 is 1.70 bits per heavy atom. The number of nitrogens with one attached hydrogen (secondary N) is 1. The fourth-order valence-corrected chi connectivity index (χ4v) is 1.80. The predicted molar refractivity (Wildman–Crippen MR) is 82.4 cm³/mol. The van der Waals surface area contributed by atoms with E-state index in [1.807, 2.05) is 61.5 Å². The van der Waals surface area contributed by atoms with Crippen molar-refractivity contribution in [2.75, 3.05) is 5.32 Å². The number of hydrogen-bond acceptors (Lipinski definition) is 1. The van der Waals surface area contributed by atoms with E-state index in [0.29, 0.717) is 6.42 Å². The first-order valence-electron chi connectivity index (χ1n) is 6.75. The minimum Gasteiger partial charge on any atom is -0.325 e. The molecule has 2 nitrogen and oxygen atoms in total. The largest absolute Gasteiger partial charge is 0.325 e. The van der Waals surface area contributed by atoms with Crippen LogP contribution in [0.5, 0.6) is 0 Å². The lowest BCUT2D eigenvalue weighted by Gasteiger charge is -2.06. The van der Waals surface area contributed by atoms with Crippen molar-refractivity contribution >= 4 is 11.6 Å². The number of carbonyl (C=O) groups is 1. The highest BCUT2D eigenvalue weighted by Gasteiger charge is 2.03. The Morgan fingerprint density at radius 3 is 2.45 bits per heavy atom. The molecule has 20 heavy (non-hydrogen) atoms. The van der Waals surface area contributed by atoms with E-state index in [1.54, 1.807) is 0 Å². The highest BCUT2D eigenvalue weighted by Crippen LogP contribution is 2.14. The first-order valence-corrected chi connectivity index (χ1v) is 6.75. The molecule has 1 amide bonds. The number of para-hydroxylation sites is 1. The summed E-state index contributed by atoms with van der Waals surface area (Å²) in [4.78, 5) is 11.7. The molecule has 2 aromatic carbocycles. The van der Waals surface area contributed by atoms with Crippen LogP contribution in [0.2, 0.25) is 0 Å².